The van der Waals surface area contributed by atoms with Crippen LogP contribution in [0.2, 0.25) is 0 Å². The molecule has 0 saturated carbocycles. The topological polar surface area (TPSA) is 306 Å². The van der Waals surface area contributed by atoms with E-state index in [2.05, 4.69) is 15.3 Å². The summed E-state index contributed by atoms with van der Waals surface area (Å²) >= 11 is 0. The molecule has 2 fully saturated rings. The number of aliphatic hydroxyl groups excluding tert-OH is 3. The van der Waals surface area contributed by atoms with Crippen molar-refractivity contribution < 1.29 is 54.1 Å². The number of amides is 1. The minimum absolute atomic E-state index is 0.0152. The third-order valence-corrected chi connectivity index (χ3v) is 7.88. The Balaban J connectivity index is 0.000000316. The molecule has 2 aromatic rings. The number of hydrogen-bond acceptors (Lipinski definition) is 17. The number of carbonyl (C=O) groups excluding carboxylic acids is 2. The van der Waals surface area contributed by atoms with Crippen molar-refractivity contribution in [2.24, 2.45) is 5.92 Å². The van der Waals surface area contributed by atoms with Crippen molar-refractivity contribution in [3.63, 3.8) is 0 Å². The first-order chi connectivity index (χ1) is 23.0. The first-order valence-corrected chi connectivity index (χ1v) is 15.6. The van der Waals surface area contributed by atoms with Gasteiger partial charge in [-0.1, -0.05) is 13.8 Å². The monoisotopic (exact) mass is 713 g/mol. The van der Waals surface area contributed by atoms with Crippen LogP contribution in [0.1, 0.15) is 60.9 Å². The smallest absolute Gasteiger partial charge is 0.408 e. The molecule has 10 N–H and O–H groups in total. The summed E-state index contributed by atoms with van der Waals surface area (Å²) in [7, 11) is 0. The van der Waals surface area contributed by atoms with Crippen LogP contribution in [0.5, 0.6) is 0 Å². The minimum atomic E-state index is -1.92. The van der Waals surface area contributed by atoms with Gasteiger partial charge in [0.1, 0.15) is 52.8 Å². The first-order valence-electron chi connectivity index (χ1n) is 15.6. The van der Waals surface area contributed by atoms with E-state index in [9.17, 15) is 39.6 Å². The van der Waals surface area contributed by atoms with Crippen molar-refractivity contribution in [3.8, 4) is 0 Å². The largest absolute Gasteiger partial charge is 0.455 e. The van der Waals surface area contributed by atoms with Crippen molar-refractivity contribution in [3.05, 3.63) is 45.5 Å². The summed E-state index contributed by atoms with van der Waals surface area (Å²) in [6.07, 6.45) is -5.42. The molecule has 0 aliphatic carbocycles. The second kappa shape index (κ2) is 15.4. The fourth-order valence-electron chi connectivity index (χ4n) is 5.30. The summed E-state index contributed by atoms with van der Waals surface area (Å²) in [5.41, 5.74) is 4.96. The van der Waals surface area contributed by atoms with Gasteiger partial charge < -0.3 is 61.3 Å². The maximum atomic E-state index is 12.9. The number of nitrogens with zero attached hydrogens (tertiary/aromatic N) is 4. The fourth-order valence-corrected chi connectivity index (χ4v) is 5.30. The molecule has 1 amide bonds. The summed E-state index contributed by atoms with van der Waals surface area (Å²) in [5, 5.41) is 52.3. The number of anilines is 2. The average molecular weight is 714 g/mol. The van der Waals surface area contributed by atoms with E-state index in [0.717, 1.165) is 9.13 Å². The molecule has 9 atom stereocenters. The number of alkyl carbamates (subject to hydrolysis) is 1. The van der Waals surface area contributed by atoms with E-state index >= 15 is 0 Å². The van der Waals surface area contributed by atoms with Gasteiger partial charge in [-0.25, -0.2) is 19.2 Å². The number of esters is 1. The van der Waals surface area contributed by atoms with Crippen molar-refractivity contribution in [2.75, 3.05) is 24.7 Å². The van der Waals surface area contributed by atoms with E-state index in [4.69, 9.17) is 35.5 Å². The number of nitrogen functional groups attached to an aromatic ring is 2. The van der Waals surface area contributed by atoms with Gasteiger partial charge in [0.15, 0.2) is 18.6 Å². The zero-order valence-electron chi connectivity index (χ0n) is 28.8. The quantitative estimate of drug-likeness (QED) is 0.134. The van der Waals surface area contributed by atoms with Crippen LogP contribution in [0.3, 0.4) is 0 Å². The molecule has 0 radical (unpaired) electrons. The van der Waals surface area contributed by atoms with Crippen LogP contribution in [-0.2, 0) is 23.7 Å². The molecule has 2 saturated heterocycles. The van der Waals surface area contributed by atoms with E-state index in [1.807, 2.05) is 0 Å². The summed E-state index contributed by atoms with van der Waals surface area (Å²) in [6.45, 7) is 9.99. The Labute approximate surface area is 286 Å². The van der Waals surface area contributed by atoms with Crippen molar-refractivity contribution in [2.45, 2.75) is 108 Å². The summed E-state index contributed by atoms with van der Waals surface area (Å²) in [4.78, 5) is 56.0. The lowest BCUT2D eigenvalue weighted by Gasteiger charge is -2.32. The number of aromatic nitrogens is 4. The molecule has 20 heteroatoms. The van der Waals surface area contributed by atoms with Crippen LogP contribution in [0.25, 0.3) is 0 Å². The molecule has 50 heavy (non-hydrogen) atoms. The fraction of sp³-hybridized carbons (Fsp3) is 0.667. The Morgan fingerprint density at radius 1 is 0.940 bits per heavy atom. The van der Waals surface area contributed by atoms with Gasteiger partial charge in [0.05, 0.1) is 13.2 Å². The minimum Gasteiger partial charge on any atom is -0.455 e. The highest BCUT2D eigenvalue weighted by molar-refractivity contribution is 5.82. The number of rotatable bonds is 8. The molecular formula is C30H47N7O13. The zero-order chi connectivity index (χ0) is 37.9. The maximum Gasteiger partial charge on any atom is 0.408 e. The molecular weight excluding hydrogens is 666 g/mol. The van der Waals surface area contributed by atoms with Gasteiger partial charge in [0.2, 0.25) is 0 Å². The van der Waals surface area contributed by atoms with Crippen LogP contribution in [0, 0.1) is 5.92 Å². The zero-order valence-corrected chi connectivity index (χ0v) is 28.8. The highest BCUT2D eigenvalue weighted by Crippen LogP contribution is 2.40. The van der Waals surface area contributed by atoms with Gasteiger partial charge in [-0.05, 0) is 52.7 Å². The standard InChI is InChI=1S/C20H32N4O8.C10H15N3O5/c1-10(2)13(23-18(28)32-19(3,4)5)15(26)31-14-11(9-25)30-16(20(14,6)29)24-8-7-12(21)22-17(24)27;1-10(17)7(15)5(4-14)18-8(10)13-3-2-6(11)12-9(13)16/h7-8,10-11,13-14,16,25,29H,9H2,1-6H3,(H,23,28)(H2,21,22,27);2-3,5,7-8,14-15,17H,4H2,1H3,(H2,11,12,16)/t11-,13?,14-,16-,20?;5-,7-,8-,10?/m00/s1. The van der Waals surface area contributed by atoms with Crippen LogP contribution >= 0.6 is 0 Å². The van der Waals surface area contributed by atoms with Gasteiger partial charge >= 0.3 is 23.4 Å². The molecule has 20 nitrogen and oxygen atoms in total. The molecule has 2 aliphatic rings. The summed E-state index contributed by atoms with van der Waals surface area (Å²) in [5.74, 6) is -1.21. The van der Waals surface area contributed by atoms with E-state index in [0.29, 0.717) is 0 Å². The van der Waals surface area contributed by atoms with Crippen LogP contribution in [0.4, 0.5) is 16.4 Å². The Hall–Kier alpha value is -4.18. The van der Waals surface area contributed by atoms with E-state index in [1.54, 1.807) is 34.6 Å². The molecule has 0 aromatic carbocycles. The third kappa shape index (κ3) is 8.94. The molecule has 0 bridgehead atoms. The van der Waals surface area contributed by atoms with Gasteiger partial charge in [0.25, 0.3) is 0 Å². The number of nitrogens with two attached hydrogens (primary N) is 2. The summed E-state index contributed by atoms with van der Waals surface area (Å²) < 4.78 is 23.6. The van der Waals surface area contributed by atoms with Crippen molar-refractivity contribution >= 4 is 23.7 Å². The SMILES string of the molecule is CC(C)C(NC(=O)OC(C)(C)C)C(=O)O[C@H]1[C@H](CO)O[C@H](n2ccc(N)nc2=O)C1(C)O.CC1(O)[C@@H](n2ccc(N)nc2=O)O[C@@H](CO)[C@@H]1O. The predicted molar refractivity (Wildman–Crippen MR) is 173 cm³/mol. The lowest BCUT2D eigenvalue weighted by atomic mass is 9.95. The molecule has 4 rings (SSSR count). The van der Waals surface area contributed by atoms with Gasteiger partial charge in [-0.2, -0.15) is 9.97 Å². The lowest BCUT2D eigenvalue weighted by molar-refractivity contribution is -0.167. The number of aliphatic hydroxyl groups is 5. The van der Waals surface area contributed by atoms with Crippen LogP contribution in [-0.4, -0.2) is 117 Å². The van der Waals surface area contributed by atoms with Gasteiger partial charge in [-0.3, -0.25) is 9.13 Å². The van der Waals surface area contributed by atoms with Gasteiger partial charge in [0, 0.05) is 12.4 Å². The Kier molecular flexibility index (Phi) is 12.4. The average Bonchev–Trinajstić information content (AvgIpc) is 3.38. The van der Waals surface area contributed by atoms with Gasteiger partial charge in [-0.15, -0.1) is 0 Å². The number of ether oxygens (including phenoxy) is 4. The normalized spacial score (nSPS) is 29.9. The predicted octanol–water partition coefficient (Wildman–Crippen LogP) is -2.25. The molecule has 280 valence electrons. The van der Waals surface area contributed by atoms with Crippen molar-refractivity contribution in [1.29, 1.82) is 0 Å². The van der Waals surface area contributed by atoms with E-state index in [1.165, 1.54) is 38.4 Å². The second-order valence-corrected chi connectivity index (χ2v) is 13.6. The number of hydrogen-bond donors (Lipinski definition) is 8. The van der Waals surface area contributed by atoms with E-state index in [-0.39, 0.29) is 17.6 Å². The Morgan fingerprint density at radius 3 is 1.80 bits per heavy atom. The summed E-state index contributed by atoms with van der Waals surface area (Å²) in [6, 6.07) is 1.62. The van der Waals surface area contributed by atoms with Crippen LogP contribution < -0.4 is 28.2 Å². The highest BCUT2D eigenvalue weighted by Gasteiger charge is 2.57. The molecule has 3 unspecified atom stereocenters. The Bertz CT molecular complexity index is 1620. The van der Waals surface area contributed by atoms with Crippen LogP contribution in [0.15, 0.2) is 34.1 Å². The lowest BCUT2D eigenvalue weighted by Crippen LogP contribution is -2.53. The Morgan fingerprint density at radius 2 is 1.40 bits per heavy atom. The number of carbonyl (C=O) groups is 2. The first kappa shape index (κ1) is 40.3. The molecule has 4 heterocycles. The maximum absolute atomic E-state index is 12.9. The third-order valence-electron chi connectivity index (χ3n) is 7.88. The molecule has 2 aromatic heterocycles. The molecule has 2 aliphatic heterocycles. The number of nitrogens with one attached hydrogen (secondary N) is 1. The highest BCUT2D eigenvalue weighted by atomic mass is 16.6. The molecule has 0 spiro atoms. The van der Waals surface area contributed by atoms with E-state index < -0.39 is 96.4 Å². The van der Waals surface area contributed by atoms with Crippen molar-refractivity contribution in [1.82, 2.24) is 24.4 Å². The second-order valence-electron chi connectivity index (χ2n) is 13.6.